The normalized spacial score (nSPS) is 20.4. The second-order valence-electron chi connectivity index (χ2n) is 6.35. The van der Waals surface area contributed by atoms with Gasteiger partial charge in [-0.25, -0.2) is 0 Å². The fourth-order valence-corrected chi connectivity index (χ4v) is 3.40. The van der Waals surface area contributed by atoms with E-state index < -0.39 is 0 Å². The molecule has 0 aromatic heterocycles. The van der Waals surface area contributed by atoms with Crippen molar-refractivity contribution in [2.45, 2.75) is 26.1 Å². The SMILES string of the molecule is C[C@@H]1CN(C(=O)c2ccccc2C(=O)c2ccc(Br)cc2)C[C@@H](C)O1. The van der Waals surface area contributed by atoms with Crippen molar-refractivity contribution in [2.75, 3.05) is 13.1 Å². The first-order chi connectivity index (χ1) is 12.0. The van der Waals surface area contributed by atoms with Crippen LogP contribution in [-0.2, 0) is 4.74 Å². The van der Waals surface area contributed by atoms with Crippen LogP contribution in [0.25, 0.3) is 0 Å². The molecule has 4 nitrogen and oxygen atoms in total. The quantitative estimate of drug-likeness (QED) is 0.731. The monoisotopic (exact) mass is 401 g/mol. The van der Waals surface area contributed by atoms with Crippen LogP contribution in [0.4, 0.5) is 0 Å². The van der Waals surface area contributed by atoms with Gasteiger partial charge in [-0.1, -0.05) is 34.1 Å². The first-order valence-corrected chi connectivity index (χ1v) is 9.09. The molecule has 130 valence electrons. The van der Waals surface area contributed by atoms with E-state index in [4.69, 9.17) is 4.74 Å². The Bertz CT molecular complexity index is 778. The van der Waals surface area contributed by atoms with E-state index in [0.717, 1.165) is 4.47 Å². The highest BCUT2D eigenvalue weighted by molar-refractivity contribution is 9.10. The van der Waals surface area contributed by atoms with Crippen LogP contribution in [0.1, 0.15) is 40.1 Å². The molecule has 0 bridgehead atoms. The number of carbonyl (C=O) groups excluding carboxylic acids is 2. The molecule has 0 aliphatic carbocycles. The molecule has 0 unspecified atom stereocenters. The van der Waals surface area contributed by atoms with Gasteiger partial charge < -0.3 is 9.64 Å². The highest BCUT2D eigenvalue weighted by atomic mass is 79.9. The molecule has 3 rings (SSSR count). The van der Waals surface area contributed by atoms with Gasteiger partial charge in [0.05, 0.1) is 17.8 Å². The van der Waals surface area contributed by atoms with E-state index in [1.165, 1.54) is 0 Å². The predicted octanol–water partition coefficient (Wildman–Crippen LogP) is 3.93. The summed E-state index contributed by atoms with van der Waals surface area (Å²) in [5.74, 6) is -0.270. The maximum absolute atomic E-state index is 13.0. The molecule has 1 aliphatic heterocycles. The van der Waals surface area contributed by atoms with Gasteiger partial charge in [-0.05, 0) is 44.2 Å². The molecular formula is C20H20BrNO3. The van der Waals surface area contributed by atoms with Crippen molar-refractivity contribution in [3.8, 4) is 0 Å². The average Bonchev–Trinajstić information content (AvgIpc) is 2.60. The third kappa shape index (κ3) is 3.99. The Morgan fingerprint density at radius 1 is 0.960 bits per heavy atom. The molecule has 2 aromatic rings. The Morgan fingerprint density at radius 3 is 2.12 bits per heavy atom. The lowest BCUT2D eigenvalue weighted by Gasteiger charge is -2.35. The number of morpholine rings is 1. The molecule has 0 spiro atoms. The smallest absolute Gasteiger partial charge is 0.254 e. The molecule has 2 atom stereocenters. The van der Waals surface area contributed by atoms with Crippen molar-refractivity contribution in [1.29, 1.82) is 0 Å². The summed E-state index contributed by atoms with van der Waals surface area (Å²) < 4.78 is 6.60. The summed E-state index contributed by atoms with van der Waals surface area (Å²) in [5, 5.41) is 0. The van der Waals surface area contributed by atoms with E-state index in [1.807, 2.05) is 26.0 Å². The topological polar surface area (TPSA) is 46.6 Å². The zero-order valence-corrected chi connectivity index (χ0v) is 15.8. The summed E-state index contributed by atoms with van der Waals surface area (Å²) in [4.78, 5) is 27.7. The van der Waals surface area contributed by atoms with Crippen LogP contribution in [0.2, 0.25) is 0 Å². The highest BCUT2D eigenvalue weighted by Gasteiger charge is 2.28. The van der Waals surface area contributed by atoms with Crippen molar-refractivity contribution < 1.29 is 14.3 Å². The summed E-state index contributed by atoms with van der Waals surface area (Å²) >= 11 is 3.37. The summed E-state index contributed by atoms with van der Waals surface area (Å²) in [5.41, 5.74) is 1.44. The Hall–Kier alpha value is -1.98. The van der Waals surface area contributed by atoms with Crippen molar-refractivity contribution in [2.24, 2.45) is 0 Å². The van der Waals surface area contributed by atoms with E-state index >= 15 is 0 Å². The first kappa shape index (κ1) is 17.8. The molecule has 1 amide bonds. The molecule has 1 heterocycles. The van der Waals surface area contributed by atoms with Gasteiger partial charge >= 0.3 is 0 Å². The van der Waals surface area contributed by atoms with Crippen LogP contribution in [-0.4, -0.2) is 41.9 Å². The molecule has 5 heteroatoms. The fourth-order valence-electron chi connectivity index (χ4n) is 3.14. The van der Waals surface area contributed by atoms with E-state index in [0.29, 0.717) is 29.8 Å². The number of carbonyl (C=O) groups is 2. The Balaban J connectivity index is 1.91. The summed E-state index contributed by atoms with van der Waals surface area (Å²) in [7, 11) is 0. The lowest BCUT2D eigenvalue weighted by Crippen LogP contribution is -2.48. The lowest BCUT2D eigenvalue weighted by molar-refractivity contribution is -0.0586. The van der Waals surface area contributed by atoms with Crippen LogP contribution in [0, 0.1) is 0 Å². The molecule has 0 N–H and O–H groups in total. The summed E-state index contributed by atoms with van der Waals surface area (Å²) in [6, 6.07) is 14.2. The predicted molar refractivity (Wildman–Crippen MR) is 99.9 cm³/mol. The highest BCUT2D eigenvalue weighted by Crippen LogP contribution is 2.20. The summed E-state index contributed by atoms with van der Waals surface area (Å²) in [6.07, 6.45) is -0.0240. The average molecular weight is 402 g/mol. The van der Waals surface area contributed by atoms with E-state index in [9.17, 15) is 9.59 Å². The van der Waals surface area contributed by atoms with Crippen LogP contribution < -0.4 is 0 Å². The van der Waals surface area contributed by atoms with Gasteiger partial charge in [0.1, 0.15) is 0 Å². The Morgan fingerprint density at radius 2 is 1.52 bits per heavy atom. The zero-order chi connectivity index (χ0) is 18.0. The van der Waals surface area contributed by atoms with E-state index in [-0.39, 0.29) is 23.9 Å². The molecular weight excluding hydrogens is 382 g/mol. The van der Waals surface area contributed by atoms with Crippen molar-refractivity contribution in [3.63, 3.8) is 0 Å². The molecule has 1 fully saturated rings. The second kappa shape index (κ2) is 7.50. The number of nitrogens with zero attached hydrogens (tertiary/aromatic N) is 1. The third-order valence-electron chi connectivity index (χ3n) is 4.22. The van der Waals surface area contributed by atoms with Crippen molar-refractivity contribution in [1.82, 2.24) is 4.90 Å². The maximum Gasteiger partial charge on any atom is 0.254 e. The number of hydrogen-bond acceptors (Lipinski definition) is 3. The number of benzene rings is 2. The number of ether oxygens (including phenoxy) is 1. The zero-order valence-electron chi connectivity index (χ0n) is 14.2. The molecule has 0 saturated carbocycles. The van der Waals surface area contributed by atoms with Crippen molar-refractivity contribution in [3.05, 3.63) is 69.7 Å². The number of rotatable bonds is 3. The number of halogens is 1. The number of hydrogen-bond donors (Lipinski definition) is 0. The Kier molecular flexibility index (Phi) is 5.35. The van der Waals surface area contributed by atoms with Crippen LogP contribution in [0.5, 0.6) is 0 Å². The minimum absolute atomic E-state index is 0.0120. The van der Waals surface area contributed by atoms with Gasteiger partial charge in [0.2, 0.25) is 0 Å². The second-order valence-corrected chi connectivity index (χ2v) is 7.26. The van der Waals surface area contributed by atoms with Gasteiger partial charge in [0.25, 0.3) is 5.91 Å². The standard InChI is InChI=1S/C20H20BrNO3/c1-13-11-22(12-14(2)25-13)20(24)18-6-4-3-5-17(18)19(23)15-7-9-16(21)10-8-15/h3-10,13-14H,11-12H2,1-2H3/t13-,14-/m1/s1. The molecule has 0 radical (unpaired) electrons. The fraction of sp³-hybridized carbons (Fsp3) is 0.300. The van der Waals surface area contributed by atoms with E-state index in [1.54, 1.807) is 41.3 Å². The first-order valence-electron chi connectivity index (χ1n) is 8.29. The molecule has 1 aliphatic rings. The molecule has 2 aromatic carbocycles. The molecule has 1 saturated heterocycles. The minimum Gasteiger partial charge on any atom is -0.372 e. The number of amides is 1. The van der Waals surface area contributed by atoms with Crippen LogP contribution >= 0.6 is 15.9 Å². The third-order valence-corrected chi connectivity index (χ3v) is 4.74. The minimum atomic E-state index is -0.147. The summed E-state index contributed by atoms with van der Waals surface area (Å²) in [6.45, 7) is 4.97. The largest absolute Gasteiger partial charge is 0.372 e. The number of ketones is 1. The maximum atomic E-state index is 13.0. The van der Waals surface area contributed by atoms with Crippen LogP contribution in [0.15, 0.2) is 53.0 Å². The van der Waals surface area contributed by atoms with Gasteiger partial charge in [-0.15, -0.1) is 0 Å². The van der Waals surface area contributed by atoms with Crippen LogP contribution in [0.3, 0.4) is 0 Å². The van der Waals surface area contributed by atoms with Gasteiger partial charge in [0.15, 0.2) is 5.78 Å². The lowest BCUT2D eigenvalue weighted by atomic mass is 9.97. The van der Waals surface area contributed by atoms with Crippen molar-refractivity contribution >= 4 is 27.6 Å². The molecule has 25 heavy (non-hydrogen) atoms. The van der Waals surface area contributed by atoms with E-state index in [2.05, 4.69) is 15.9 Å². The van der Waals surface area contributed by atoms with Gasteiger partial charge in [-0.3, -0.25) is 9.59 Å². The Labute approximate surface area is 155 Å². The van der Waals surface area contributed by atoms with Gasteiger partial charge in [-0.2, -0.15) is 0 Å². The van der Waals surface area contributed by atoms with Gasteiger partial charge in [0, 0.05) is 28.7 Å².